The number of hydrogen-bond acceptors (Lipinski definition) is 3. The molecule has 74 valence electrons. The first-order chi connectivity index (χ1) is 6.27. The number of nitrogens with zero attached hydrogens (tertiary/aromatic N) is 2. The predicted molar refractivity (Wildman–Crippen MR) is 52.6 cm³/mol. The Morgan fingerprint density at radius 3 is 2.77 bits per heavy atom. The molecule has 0 fully saturated rings. The Morgan fingerprint density at radius 1 is 1.38 bits per heavy atom. The summed E-state index contributed by atoms with van der Waals surface area (Å²) in [4.78, 5) is 2.24. The van der Waals surface area contributed by atoms with Crippen molar-refractivity contribution in [2.45, 2.75) is 33.7 Å². The van der Waals surface area contributed by atoms with Crippen LogP contribution in [0.4, 0.5) is 0 Å². The normalized spacial score (nSPS) is 16.0. The van der Waals surface area contributed by atoms with Crippen molar-refractivity contribution in [3.8, 4) is 0 Å². The van der Waals surface area contributed by atoms with Crippen LogP contribution < -0.4 is 0 Å². The summed E-state index contributed by atoms with van der Waals surface area (Å²) >= 11 is 0. The molecule has 0 amide bonds. The van der Waals surface area contributed by atoms with Crippen molar-refractivity contribution in [1.29, 1.82) is 0 Å². The Kier molecular flexibility index (Phi) is 3.48. The van der Waals surface area contributed by atoms with Gasteiger partial charge < -0.3 is 4.52 Å². The van der Waals surface area contributed by atoms with Crippen LogP contribution in [0, 0.1) is 6.92 Å². The van der Waals surface area contributed by atoms with Gasteiger partial charge in [0, 0.05) is 12.1 Å². The SMILES string of the molecule is CC.Cc1noc2c1CCN(C)C2. The summed E-state index contributed by atoms with van der Waals surface area (Å²) in [6.45, 7) is 8.04. The third kappa shape index (κ3) is 2.10. The van der Waals surface area contributed by atoms with Gasteiger partial charge in [0.2, 0.25) is 0 Å². The fraction of sp³-hybridized carbons (Fsp3) is 0.700. The van der Waals surface area contributed by atoms with Crippen LogP contribution in [0.25, 0.3) is 0 Å². The smallest absolute Gasteiger partial charge is 0.154 e. The van der Waals surface area contributed by atoms with E-state index in [2.05, 4.69) is 17.1 Å². The molecule has 1 aromatic heterocycles. The molecule has 2 rings (SSSR count). The van der Waals surface area contributed by atoms with E-state index in [9.17, 15) is 0 Å². The highest BCUT2D eigenvalue weighted by molar-refractivity contribution is 5.23. The summed E-state index contributed by atoms with van der Waals surface area (Å²) < 4.78 is 5.17. The largest absolute Gasteiger partial charge is 0.359 e. The minimum atomic E-state index is 0.913. The topological polar surface area (TPSA) is 29.3 Å². The molecule has 0 unspecified atom stereocenters. The van der Waals surface area contributed by atoms with Crippen LogP contribution in [0.2, 0.25) is 0 Å². The van der Waals surface area contributed by atoms with Gasteiger partial charge >= 0.3 is 0 Å². The first-order valence-corrected chi connectivity index (χ1v) is 4.90. The number of aromatic nitrogens is 1. The Bertz CT molecular complexity index is 268. The van der Waals surface area contributed by atoms with E-state index in [-0.39, 0.29) is 0 Å². The lowest BCUT2D eigenvalue weighted by molar-refractivity contribution is 0.257. The number of rotatable bonds is 0. The van der Waals surface area contributed by atoms with Crippen LogP contribution in [0.15, 0.2) is 4.52 Å². The average molecular weight is 182 g/mol. The van der Waals surface area contributed by atoms with E-state index in [4.69, 9.17) is 4.52 Å². The van der Waals surface area contributed by atoms with Crippen LogP contribution in [0.3, 0.4) is 0 Å². The lowest BCUT2D eigenvalue weighted by atomic mass is 10.1. The zero-order valence-corrected chi connectivity index (χ0v) is 8.92. The standard InChI is InChI=1S/C8H12N2O.C2H6/c1-6-7-3-4-10(2)5-8(7)11-9-6;1-2/h3-5H2,1-2H3;1-2H3. The molecule has 3 nitrogen and oxygen atoms in total. The molecule has 0 bridgehead atoms. The lowest BCUT2D eigenvalue weighted by Crippen LogP contribution is -2.25. The third-order valence-electron chi connectivity index (χ3n) is 2.22. The van der Waals surface area contributed by atoms with Gasteiger partial charge in [-0.3, -0.25) is 4.90 Å². The van der Waals surface area contributed by atoms with E-state index in [1.165, 1.54) is 5.56 Å². The molecule has 13 heavy (non-hydrogen) atoms. The van der Waals surface area contributed by atoms with Gasteiger partial charge in [0.25, 0.3) is 0 Å². The molecule has 1 aliphatic rings. The zero-order chi connectivity index (χ0) is 9.84. The third-order valence-corrected chi connectivity index (χ3v) is 2.22. The first-order valence-electron chi connectivity index (χ1n) is 4.90. The molecule has 1 aliphatic heterocycles. The molecule has 3 heteroatoms. The number of aryl methyl sites for hydroxylation is 1. The van der Waals surface area contributed by atoms with Crippen molar-refractivity contribution < 1.29 is 4.52 Å². The highest BCUT2D eigenvalue weighted by Gasteiger charge is 2.19. The van der Waals surface area contributed by atoms with Crippen LogP contribution >= 0.6 is 0 Å². The summed E-state index contributed by atoms with van der Waals surface area (Å²) in [6, 6.07) is 0. The van der Waals surface area contributed by atoms with Crippen molar-refractivity contribution in [2.75, 3.05) is 13.6 Å². The highest BCUT2D eigenvalue weighted by atomic mass is 16.5. The molecule has 0 atom stereocenters. The Labute approximate surface area is 79.7 Å². The molecule has 0 saturated heterocycles. The molecule has 0 aliphatic carbocycles. The Balaban J connectivity index is 0.000000396. The molecule has 0 N–H and O–H groups in total. The van der Waals surface area contributed by atoms with E-state index < -0.39 is 0 Å². The van der Waals surface area contributed by atoms with Crippen molar-refractivity contribution in [1.82, 2.24) is 10.1 Å². The molecular weight excluding hydrogens is 164 g/mol. The van der Waals surface area contributed by atoms with Crippen LogP contribution in [0.1, 0.15) is 30.9 Å². The summed E-state index contributed by atoms with van der Waals surface area (Å²) in [5.41, 5.74) is 2.39. The fourth-order valence-electron chi connectivity index (χ4n) is 1.51. The number of fused-ring (bicyclic) bond motifs is 1. The molecule has 2 heterocycles. The quantitative estimate of drug-likeness (QED) is 0.614. The summed E-state index contributed by atoms with van der Waals surface area (Å²) in [5, 5.41) is 3.93. The maximum Gasteiger partial charge on any atom is 0.154 e. The van der Waals surface area contributed by atoms with Gasteiger partial charge in [-0.2, -0.15) is 0 Å². The van der Waals surface area contributed by atoms with Crippen molar-refractivity contribution >= 4 is 0 Å². The van der Waals surface area contributed by atoms with Crippen molar-refractivity contribution in [3.05, 3.63) is 17.0 Å². The summed E-state index contributed by atoms with van der Waals surface area (Å²) in [5.74, 6) is 1.05. The minimum Gasteiger partial charge on any atom is -0.359 e. The zero-order valence-electron chi connectivity index (χ0n) is 8.92. The van der Waals surface area contributed by atoms with Crippen molar-refractivity contribution in [2.24, 2.45) is 0 Å². The lowest BCUT2D eigenvalue weighted by Gasteiger charge is -2.19. The van der Waals surface area contributed by atoms with Crippen LogP contribution in [-0.2, 0) is 13.0 Å². The molecule has 0 spiro atoms. The second-order valence-electron chi connectivity index (χ2n) is 3.16. The average Bonchev–Trinajstić information content (AvgIpc) is 2.51. The minimum absolute atomic E-state index is 0.913. The Hall–Kier alpha value is -0.830. The van der Waals surface area contributed by atoms with Gasteiger partial charge in [-0.05, 0) is 20.4 Å². The molecule has 1 aromatic rings. The maximum atomic E-state index is 5.17. The van der Waals surface area contributed by atoms with E-state index in [0.717, 1.165) is 31.0 Å². The van der Waals surface area contributed by atoms with E-state index in [0.29, 0.717) is 0 Å². The first kappa shape index (κ1) is 10.3. The summed E-state index contributed by atoms with van der Waals surface area (Å²) in [6.07, 6.45) is 1.08. The number of likely N-dealkylation sites (N-methyl/N-ethyl adjacent to an activating group) is 1. The van der Waals surface area contributed by atoms with Crippen LogP contribution in [-0.4, -0.2) is 23.6 Å². The van der Waals surface area contributed by atoms with E-state index in [1.54, 1.807) is 0 Å². The number of hydrogen-bond donors (Lipinski definition) is 0. The van der Waals surface area contributed by atoms with Gasteiger partial charge in [-0.15, -0.1) is 0 Å². The van der Waals surface area contributed by atoms with Gasteiger partial charge in [-0.1, -0.05) is 19.0 Å². The second kappa shape index (κ2) is 4.42. The van der Waals surface area contributed by atoms with E-state index >= 15 is 0 Å². The molecule has 0 aromatic carbocycles. The molecule has 0 radical (unpaired) electrons. The monoisotopic (exact) mass is 182 g/mol. The van der Waals surface area contributed by atoms with Gasteiger partial charge in [0.15, 0.2) is 5.76 Å². The maximum absolute atomic E-state index is 5.17. The van der Waals surface area contributed by atoms with Gasteiger partial charge in [0.1, 0.15) is 0 Å². The predicted octanol–water partition coefficient (Wildman–Crippen LogP) is 2.00. The van der Waals surface area contributed by atoms with Crippen LogP contribution in [0.5, 0.6) is 0 Å². The second-order valence-corrected chi connectivity index (χ2v) is 3.16. The van der Waals surface area contributed by atoms with E-state index in [1.807, 2.05) is 20.8 Å². The van der Waals surface area contributed by atoms with Gasteiger partial charge in [0.05, 0.1) is 12.2 Å². The fourth-order valence-corrected chi connectivity index (χ4v) is 1.51. The summed E-state index contributed by atoms with van der Waals surface area (Å²) in [7, 11) is 2.10. The highest BCUT2D eigenvalue weighted by Crippen LogP contribution is 2.20. The molecular formula is C10H18N2O. The van der Waals surface area contributed by atoms with Gasteiger partial charge in [-0.25, -0.2) is 0 Å². The van der Waals surface area contributed by atoms with Crippen molar-refractivity contribution in [3.63, 3.8) is 0 Å². The molecule has 0 saturated carbocycles. The Morgan fingerprint density at radius 2 is 2.08 bits per heavy atom.